The molecular formula is C22H22ClN3O5S. The molecule has 10 heteroatoms. The first-order valence-electron chi connectivity index (χ1n) is 9.76. The van der Waals surface area contributed by atoms with Gasteiger partial charge in [0.25, 0.3) is 5.91 Å². The van der Waals surface area contributed by atoms with E-state index in [2.05, 4.69) is 10.4 Å². The highest BCUT2D eigenvalue weighted by Gasteiger charge is 2.26. The van der Waals surface area contributed by atoms with Crippen LogP contribution in [0.4, 0.5) is 5.00 Å². The molecule has 1 amide bonds. The van der Waals surface area contributed by atoms with E-state index in [4.69, 9.17) is 21.1 Å². The summed E-state index contributed by atoms with van der Waals surface area (Å²) in [5.41, 5.74) is 1.77. The van der Waals surface area contributed by atoms with E-state index in [1.165, 1.54) is 17.7 Å². The van der Waals surface area contributed by atoms with Gasteiger partial charge in [-0.15, -0.1) is 11.3 Å². The lowest BCUT2D eigenvalue weighted by molar-refractivity contribution is 0.0527. The van der Waals surface area contributed by atoms with Crippen LogP contribution >= 0.6 is 22.9 Å². The van der Waals surface area contributed by atoms with Crippen LogP contribution in [0.3, 0.4) is 0 Å². The normalized spacial score (nSPS) is 10.7. The molecule has 0 unspecified atom stereocenters. The SMILES string of the molecule is CCOC(=O)c1c(NC(=O)c2ccn(COc3cc(C)ccc3Cl)n2)sc(C(C)=O)c1C. The first-order valence-corrected chi connectivity index (χ1v) is 11.0. The number of hydrogen-bond donors (Lipinski definition) is 1. The second kappa shape index (κ2) is 9.97. The molecule has 0 saturated heterocycles. The molecule has 1 aromatic carbocycles. The third-order valence-corrected chi connectivity index (χ3v) is 6.11. The van der Waals surface area contributed by atoms with Crippen LogP contribution < -0.4 is 10.1 Å². The number of anilines is 1. The monoisotopic (exact) mass is 475 g/mol. The molecule has 2 heterocycles. The molecule has 2 aromatic heterocycles. The van der Waals surface area contributed by atoms with Crippen LogP contribution in [0.25, 0.3) is 0 Å². The van der Waals surface area contributed by atoms with Crippen LogP contribution in [0.15, 0.2) is 30.5 Å². The number of carbonyl (C=O) groups excluding carboxylic acids is 3. The maximum Gasteiger partial charge on any atom is 0.341 e. The summed E-state index contributed by atoms with van der Waals surface area (Å²) in [4.78, 5) is 37.4. The largest absolute Gasteiger partial charge is 0.470 e. The van der Waals surface area contributed by atoms with E-state index < -0.39 is 11.9 Å². The molecule has 0 spiro atoms. The topological polar surface area (TPSA) is 99.5 Å². The Kier molecular flexibility index (Phi) is 7.32. The van der Waals surface area contributed by atoms with Gasteiger partial charge in [-0.3, -0.25) is 9.59 Å². The van der Waals surface area contributed by atoms with Crippen molar-refractivity contribution in [2.75, 3.05) is 11.9 Å². The second-order valence-corrected chi connectivity index (χ2v) is 8.37. The summed E-state index contributed by atoms with van der Waals surface area (Å²) in [7, 11) is 0. The van der Waals surface area contributed by atoms with Crippen LogP contribution in [-0.2, 0) is 11.5 Å². The van der Waals surface area contributed by atoms with Crippen LogP contribution in [0.5, 0.6) is 5.75 Å². The Hall–Kier alpha value is -3.17. The van der Waals surface area contributed by atoms with Crippen LogP contribution in [-0.4, -0.2) is 34.0 Å². The fourth-order valence-electron chi connectivity index (χ4n) is 2.97. The molecule has 0 bridgehead atoms. The van der Waals surface area contributed by atoms with Gasteiger partial charge in [-0.1, -0.05) is 17.7 Å². The van der Waals surface area contributed by atoms with E-state index in [1.807, 2.05) is 19.1 Å². The number of halogens is 1. The molecule has 168 valence electrons. The lowest BCUT2D eigenvalue weighted by atomic mass is 10.1. The van der Waals surface area contributed by atoms with Gasteiger partial charge in [-0.05, 0) is 57.0 Å². The van der Waals surface area contributed by atoms with Crippen molar-refractivity contribution in [3.63, 3.8) is 0 Å². The smallest absolute Gasteiger partial charge is 0.341 e. The molecule has 0 atom stereocenters. The molecule has 0 saturated carbocycles. The Morgan fingerprint density at radius 3 is 2.66 bits per heavy atom. The Labute approximate surface area is 194 Å². The van der Waals surface area contributed by atoms with E-state index in [1.54, 1.807) is 26.1 Å². The molecule has 0 radical (unpaired) electrons. The molecule has 8 nitrogen and oxygen atoms in total. The lowest BCUT2D eigenvalue weighted by Crippen LogP contribution is -2.16. The van der Waals surface area contributed by atoms with Crippen LogP contribution in [0.2, 0.25) is 5.02 Å². The molecule has 3 rings (SSSR count). The maximum absolute atomic E-state index is 12.7. The fraction of sp³-hybridized carbons (Fsp3) is 0.273. The summed E-state index contributed by atoms with van der Waals surface area (Å²) >= 11 is 7.16. The summed E-state index contributed by atoms with van der Waals surface area (Å²) in [5, 5.41) is 7.60. The molecule has 32 heavy (non-hydrogen) atoms. The average molecular weight is 476 g/mol. The van der Waals surface area contributed by atoms with Crippen LogP contribution in [0.1, 0.15) is 55.5 Å². The number of carbonyl (C=O) groups is 3. The molecule has 1 N–H and O–H groups in total. The Morgan fingerprint density at radius 2 is 1.97 bits per heavy atom. The zero-order valence-corrected chi connectivity index (χ0v) is 19.6. The zero-order chi connectivity index (χ0) is 23.4. The van der Waals surface area contributed by atoms with Gasteiger partial charge in [0, 0.05) is 6.20 Å². The number of rotatable bonds is 8. The number of aromatic nitrogens is 2. The van der Waals surface area contributed by atoms with Crippen molar-refractivity contribution in [3.05, 3.63) is 62.7 Å². The molecule has 0 aliphatic heterocycles. The van der Waals surface area contributed by atoms with Gasteiger partial charge in [0.2, 0.25) is 0 Å². The lowest BCUT2D eigenvalue weighted by Gasteiger charge is -2.09. The molecule has 0 aliphatic carbocycles. The number of ether oxygens (including phenoxy) is 2. The van der Waals surface area contributed by atoms with Gasteiger partial charge < -0.3 is 14.8 Å². The highest BCUT2D eigenvalue weighted by molar-refractivity contribution is 7.18. The number of nitrogens with one attached hydrogen (secondary N) is 1. The van der Waals surface area contributed by atoms with Crippen molar-refractivity contribution in [2.45, 2.75) is 34.4 Å². The van der Waals surface area contributed by atoms with Gasteiger partial charge in [0.05, 0.1) is 22.1 Å². The summed E-state index contributed by atoms with van der Waals surface area (Å²) in [5.74, 6) is -0.815. The van der Waals surface area contributed by atoms with Gasteiger partial charge in [-0.25, -0.2) is 9.48 Å². The number of benzene rings is 1. The number of aryl methyl sites for hydroxylation is 1. The Balaban J connectivity index is 1.76. The number of amides is 1. The van der Waals surface area contributed by atoms with Crippen molar-refractivity contribution < 1.29 is 23.9 Å². The third kappa shape index (κ3) is 5.17. The van der Waals surface area contributed by atoms with Crippen molar-refractivity contribution in [3.8, 4) is 5.75 Å². The number of esters is 1. The highest BCUT2D eigenvalue weighted by Crippen LogP contribution is 2.34. The van der Waals surface area contributed by atoms with Gasteiger partial charge in [0.1, 0.15) is 10.8 Å². The summed E-state index contributed by atoms with van der Waals surface area (Å²) in [6.45, 7) is 6.89. The van der Waals surface area contributed by atoms with E-state index in [-0.39, 0.29) is 35.4 Å². The predicted octanol–water partition coefficient (Wildman–Crippen LogP) is 4.88. The van der Waals surface area contributed by atoms with E-state index in [0.29, 0.717) is 21.2 Å². The first kappa shape index (κ1) is 23.5. The quantitative estimate of drug-likeness (QED) is 0.368. The van der Waals surface area contributed by atoms with Crippen LogP contribution in [0, 0.1) is 13.8 Å². The predicted molar refractivity (Wildman–Crippen MR) is 122 cm³/mol. The minimum absolute atomic E-state index is 0.0527. The van der Waals surface area contributed by atoms with Crippen molar-refractivity contribution >= 4 is 45.6 Å². The van der Waals surface area contributed by atoms with Gasteiger partial charge in [-0.2, -0.15) is 5.10 Å². The molecule has 3 aromatic rings. The number of thiophene rings is 1. The zero-order valence-electron chi connectivity index (χ0n) is 18.0. The Morgan fingerprint density at radius 1 is 1.22 bits per heavy atom. The standard InChI is InChI=1S/C22H22ClN3O5S/c1-5-30-22(29)18-13(3)19(14(4)27)32-21(18)24-20(28)16-8-9-26(25-16)11-31-17-10-12(2)6-7-15(17)23/h6-10H,5,11H2,1-4H3,(H,24,28). The van der Waals surface area contributed by atoms with Crippen molar-refractivity contribution in [2.24, 2.45) is 0 Å². The molecule has 0 fully saturated rings. The number of ketones is 1. The average Bonchev–Trinajstić information content (AvgIpc) is 3.33. The van der Waals surface area contributed by atoms with Crippen molar-refractivity contribution in [1.29, 1.82) is 0 Å². The first-order chi connectivity index (χ1) is 15.2. The van der Waals surface area contributed by atoms with Gasteiger partial charge in [0.15, 0.2) is 18.2 Å². The van der Waals surface area contributed by atoms with Crippen molar-refractivity contribution in [1.82, 2.24) is 9.78 Å². The summed E-state index contributed by atoms with van der Waals surface area (Å²) in [6.07, 6.45) is 1.59. The number of nitrogens with zero attached hydrogens (tertiary/aromatic N) is 2. The van der Waals surface area contributed by atoms with E-state index in [0.717, 1.165) is 16.9 Å². The fourth-order valence-corrected chi connectivity index (χ4v) is 4.22. The minimum Gasteiger partial charge on any atom is -0.470 e. The maximum atomic E-state index is 12.7. The highest BCUT2D eigenvalue weighted by atomic mass is 35.5. The minimum atomic E-state index is -0.599. The summed E-state index contributed by atoms with van der Waals surface area (Å²) < 4.78 is 12.2. The van der Waals surface area contributed by atoms with E-state index in [9.17, 15) is 14.4 Å². The Bertz CT molecular complexity index is 1180. The molecular weight excluding hydrogens is 454 g/mol. The summed E-state index contributed by atoms with van der Waals surface area (Å²) in [6, 6.07) is 6.95. The van der Waals surface area contributed by atoms with Gasteiger partial charge >= 0.3 is 5.97 Å². The third-order valence-electron chi connectivity index (χ3n) is 4.49. The molecule has 0 aliphatic rings. The second-order valence-electron chi connectivity index (χ2n) is 6.94. The number of hydrogen-bond acceptors (Lipinski definition) is 7. The van der Waals surface area contributed by atoms with E-state index >= 15 is 0 Å². The number of Topliss-reactive ketones (excluding diaryl/α,β-unsaturated/α-hetero) is 1.